The molecule has 0 radical (unpaired) electrons. The fourth-order valence-corrected chi connectivity index (χ4v) is 0.0781. The molecule has 0 saturated carbocycles. The fraction of sp³-hybridized carbons (Fsp3) is 0.667. The molecule has 0 aliphatic rings. The molecular formula is C3H7FeNO3. The molecule has 0 aromatic heterocycles. The summed E-state index contributed by atoms with van der Waals surface area (Å²) in [6.07, 6.45) is 0. The van der Waals surface area contributed by atoms with Crippen molar-refractivity contribution in [2.45, 2.75) is 6.04 Å². The number of hydrogen-bond acceptors (Lipinski definition) is 3. The summed E-state index contributed by atoms with van der Waals surface area (Å²) in [6.45, 7) is -0.505. The summed E-state index contributed by atoms with van der Waals surface area (Å²) < 4.78 is 0. The van der Waals surface area contributed by atoms with Gasteiger partial charge in [0.25, 0.3) is 0 Å². The number of carboxylic acid groups (broad SMARTS) is 1. The Kier molecular flexibility index (Phi) is 6.83. The molecule has 4 nitrogen and oxygen atoms in total. The second kappa shape index (κ2) is 5.05. The van der Waals surface area contributed by atoms with Gasteiger partial charge < -0.3 is 15.9 Å². The van der Waals surface area contributed by atoms with Crippen molar-refractivity contribution in [2.24, 2.45) is 5.73 Å². The van der Waals surface area contributed by atoms with Crippen LogP contribution in [0.3, 0.4) is 0 Å². The van der Waals surface area contributed by atoms with Gasteiger partial charge in [-0.1, -0.05) is 0 Å². The van der Waals surface area contributed by atoms with Gasteiger partial charge in [-0.05, 0) is 0 Å². The minimum atomic E-state index is -1.18. The van der Waals surface area contributed by atoms with Crippen molar-refractivity contribution in [1.82, 2.24) is 0 Å². The van der Waals surface area contributed by atoms with E-state index in [1.54, 1.807) is 0 Å². The first-order valence-corrected chi connectivity index (χ1v) is 1.77. The van der Waals surface area contributed by atoms with Crippen LogP contribution in [0.2, 0.25) is 0 Å². The number of carboxylic acids is 1. The number of aliphatic hydroxyl groups excluding tert-OH is 1. The molecule has 4 N–H and O–H groups in total. The second-order valence-electron chi connectivity index (χ2n) is 1.13. The average Bonchev–Trinajstić information content (AvgIpc) is 1.65. The van der Waals surface area contributed by atoms with E-state index in [4.69, 9.17) is 15.9 Å². The van der Waals surface area contributed by atoms with E-state index in [0.717, 1.165) is 0 Å². The normalized spacial score (nSPS) is 11.8. The van der Waals surface area contributed by atoms with E-state index in [1.807, 2.05) is 0 Å². The van der Waals surface area contributed by atoms with Crippen LogP contribution < -0.4 is 5.73 Å². The summed E-state index contributed by atoms with van der Waals surface area (Å²) in [6, 6.07) is -1.13. The van der Waals surface area contributed by atoms with E-state index < -0.39 is 18.6 Å². The Hall–Kier alpha value is -0.0905. The number of aliphatic carboxylic acids is 1. The van der Waals surface area contributed by atoms with Crippen LogP contribution in [-0.2, 0) is 21.9 Å². The Labute approximate surface area is 57.2 Å². The summed E-state index contributed by atoms with van der Waals surface area (Å²) in [5.74, 6) is -1.18. The van der Waals surface area contributed by atoms with Crippen LogP contribution in [0.25, 0.3) is 0 Å². The van der Waals surface area contributed by atoms with Crippen molar-refractivity contribution < 1.29 is 32.1 Å². The smallest absolute Gasteiger partial charge is 0.322 e. The molecule has 0 heterocycles. The predicted molar refractivity (Wildman–Crippen MR) is 22.7 cm³/mol. The molecule has 1 atom stereocenters. The molecule has 0 aliphatic heterocycles. The fourth-order valence-electron chi connectivity index (χ4n) is 0.0781. The quantitative estimate of drug-likeness (QED) is 0.425. The van der Waals surface area contributed by atoms with Crippen LogP contribution in [0.4, 0.5) is 0 Å². The van der Waals surface area contributed by atoms with Gasteiger partial charge in [0.1, 0.15) is 6.04 Å². The van der Waals surface area contributed by atoms with Gasteiger partial charge >= 0.3 is 5.97 Å². The summed E-state index contributed by atoms with van der Waals surface area (Å²) in [5.41, 5.74) is 4.77. The minimum absolute atomic E-state index is 0. The number of nitrogens with two attached hydrogens (primary N) is 1. The molecular weight excluding hydrogens is 154 g/mol. The molecule has 0 aromatic carbocycles. The molecule has 0 aromatic rings. The van der Waals surface area contributed by atoms with Gasteiger partial charge in [0.15, 0.2) is 0 Å². The van der Waals surface area contributed by atoms with Crippen molar-refractivity contribution >= 4 is 5.97 Å². The van der Waals surface area contributed by atoms with Gasteiger partial charge in [-0.25, -0.2) is 0 Å². The van der Waals surface area contributed by atoms with Gasteiger partial charge in [0, 0.05) is 17.1 Å². The molecule has 0 aliphatic carbocycles. The van der Waals surface area contributed by atoms with E-state index in [-0.39, 0.29) is 17.1 Å². The van der Waals surface area contributed by atoms with Gasteiger partial charge in [0.2, 0.25) is 0 Å². The van der Waals surface area contributed by atoms with Crippen LogP contribution >= 0.6 is 0 Å². The van der Waals surface area contributed by atoms with Crippen LogP contribution in [0, 0.1) is 0 Å². The van der Waals surface area contributed by atoms with Crippen molar-refractivity contribution in [1.29, 1.82) is 0 Å². The molecule has 0 amide bonds. The number of carbonyl (C=O) groups is 1. The Balaban J connectivity index is 0. The zero-order valence-electron chi connectivity index (χ0n) is 4.02. The first kappa shape index (κ1) is 10.8. The number of hydrogen-bond donors (Lipinski definition) is 3. The molecule has 50 valence electrons. The molecule has 0 rings (SSSR count). The average molecular weight is 161 g/mol. The predicted octanol–water partition coefficient (Wildman–Crippen LogP) is -1.61. The third kappa shape index (κ3) is 4.08. The topological polar surface area (TPSA) is 83.5 Å². The molecule has 8 heavy (non-hydrogen) atoms. The molecule has 0 spiro atoms. The SMILES string of the molecule is N[C@@H](CO)C(=O)O.[Fe]. The van der Waals surface area contributed by atoms with Crippen LogP contribution in [0.5, 0.6) is 0 Å². The Morgan fingerprint density at radius 3 is 2.12 bits per heavy atom. The second-order valence-corrected chi connectivity index (χ2v) is 1.13. The Morgan fingerprint density at radius 2 is 2.12 bits per heavy atom. The maximum atomic E-state index is 9.65. The van der Waals surface area contributed by atoms with E-state index in [1.165, 1.54) is 0 Å². The zero-order valence-corrected chi connectivity index (χ0v) is 5.12. The molecule has 0 unspecified atom stereocenters. The van der Waals surface area contributed by atoms with Crippen molar-refractivity contribution in [3.05, 3.63) is 0 Å². The van der Waals surface area contributed by atoms with Crippen molar-refractivity contribution in [2.75, 3.05) is 6.61 Å². The van der Waals surface area contributed by atoms with Crippen molar-refractivity contribution in [3.8, 4) is 0 Å². The summed E-state index contributed by atoms with van der Waals surface area (Å²) in [7, 11) is 0. The van der Waals surface area contributed by atoms with Gasteiger partial charge in [-0.3, -0.25) is 4.79 Å². The third-order valence-electron chi connectivity index (χ3n) is 0.514. The van der Waals surface area contributed by atoms with Gasteiger partial charge in [-0.15, -0.1) is 0 Å². The van der Waals surface area contributed by atoms with Gasteiger partial charge in [0.05, 0.1) is 6.61 Å². The minimum Gasteiger partial charge on any atom is -0.480 e. The Morgan fingerprint density at radius 1 is 1.75 bits per heavy atom. The Bertz CT molecular complexity index is 76.9. The maximum absolute atomic E-state index is 9.65. The van der Waals surface area contributed by atoms with Crippen LogP contribution in [0.1, 0.15) is 0 Å². The summed E-state index contributed by atoms with van der Waals surface area (Å²) in [4.78, 5) is 9.65. The maximum Gasteiger partial charge on any atom is 0.322 e. The summed E-state index contributed by atoms with van der Waals surface area (Å²) >= 11 is 0. The molecule has 0 bridgehead atoms. The van der Waals surface area contributed by atoms with E-state index in [9.17, 15) is 4.79 Å². The zero-order chi connectivity index (χ0) is 5.86. The molecule has 0 saturated heterocycles. The first-order valence-electron chi connectivity index (χ1n) is 1.77. The van der Waals surface area contributed by atoms with E-state index in [0.29, 0.717) is 0 Å². The van der Waals surface area contributed by atoms with E-state index in [2.05, 4.69) is 0 Å². The first-order chi connectivity index (χ1) is 3.18. The monoisotopic (exact) mass is 161 g/mol. The van der Waals surface area contributed by atoms with Crippen LogP contribution in [-0.4, -0.2) is 28.8 Å². The van der Waals surface area contributed by atoms with Crippen LogP contribution in [0.15, 0.2) is 0 Å². The molecule has 5 heteroatoms. The van der Waals surface area contributed by atoms with Gasteiger partial charge in [-0.2, -0.15) is 0 Å². The number of rotatable bonds is 2. The van der Waals surface area contributed by atoms with Crippen molar-refractivity contribution in [3.63, 3.8) is 0 Å². The third-order valence-corrected chi connectivity index (χ3v) is 0.514. The number of aliphatic hydroxyl groups is 1. The largest absolute Gasteiger partial charge is 0.480 e. The standard InChI is InChI=1S/C3H7NO3.Fe/c4-2(1-5)3(6)7;/h2,5H,1,4H2,(H,6,7);/t2-;/m0./s1. The van der Waals surface area contributed by atoms with E-state index >= 15 is 0 Å². The molecule has 0 fully saturated rings. The summed E-state index contributed by atoms with van der Waals surface area (Å²) in [5, 5.41) is 15.9.